The molecule has 0 aromatic heterocycles. The predicted octanol–water partition coefficient (Wildman–Crippen LogP) is 3.00. The largest absolute Gasteiger partial charge is 0.481 e. The van der Waals surface area contributed by atoms with E-state index >= 15 is 0 Å². The highest BCUT2D eigenvalue weighted by Gasteiger charge is 2.68. The molecule has 6 atom stereocenters. The Morgan fingerprint density at radius 3 is 2.10 bits per heavy atom. The molecule has 2 N–H and O–H groups in total. The summed E-state index contributed by atoms with van der Waals surface area (Å²) in [5.41, 5.74) is 0.165. The first-order valence-corrected chi connectivity index (χ1v) is 8.21. The molecular formula is C15H21BrO4. The zero-order valence-corrected chi connectivity index (χ0v) is 13.4. The van der Waals surface area contributed by atoms with Crippen molar-refractivity contribution >= 4 is 27.9 Å². The molecule has 2 bridgehead atoms. The minimum absolute atomic E-state index is 0.0107. The number of halogens is 1. The fraction of sp³-hybridized carbons (Fsp3) is 0.867. The van der Waals surface area contributed by atoms with Crippen LogP contribution in [0, 0.1) is 34.5 Å². The molecule has 3 saturated carbocycles. The molecule has 3 fully saturated rings. The van der Waals surface area contributed by atoms with Crippen LogP contribution in [0.3, 0.4) is 0 Å². The Hall–Kier alpha value is -0.580. The lowest BCUT2D eigenvalue weighted by Gasteiger charge is -2.51. The van der Waals surface area contributed by atoms with Gasteiger partial charge in [-0.05, 0) is 48.3 Å². The van der Waals surface area contributed by atoms with Gasteiger partial charge < -0.3 is 10.2 Å². The van der Waals surface area contributed by atoms with Crippen molar-refractivity contribution in [2.75, 3.05) is 0 Å². The van der Waals surface area contributed by atoms with Crippen molar-refractivity contribution in [3.05, 3.63) is 0 Å². The maximum Gasteiger partial charge on any atom is 0.307 e. The molecule has 0 aromatic rings. The van der Waals surface area contributed by atoms with Crippen LogP contribution >= 0.6 is 15.9 Å². The SMILES string of the molecule is CC1(C)C2CC3CC(C(=O)O)C(C(=O)O)CC3(C2)C1Br. The topological polar surface area (TPSA) is 74.6 Å². The summed E-state index contributed by atoms with van der Waals surface area (Å²) in [6.07, 6.45) is 3.16. The number of carboxylic acids is 2. The smallest absolute Gasteiger partial charge is 0.307 e. The van der Waals surface area contributed by atoms with Gasteiger partial charge in [-0.2, -0.15) is 0 Å². The summed E-state index contributed by atoms with van der Waals surface area (Å²) in [6, 6.07) is 0. The van der Waals surface area contributed by atoms with Crippen molar-refractivity contribution < 1.29 is 19.8 Å². The fourth-order valence-corrected chi connectivity index (χ4v) is 6.47. The number of carboxylic acid groups (broad SMARTS) is 2. The van der Waals surface area contributed by atoms with Gasteiger partial charge in [0.25, 0.3) is 0 Å². The highest BCUT2D eigenvalue weighted by atomic mass is 79.9. The van der Waals surface area contributed by atoms with E-state index in [1.807, 2.05) is 0 Å². The molecule has 6 unspecified atom stereocenters. The Morgan fingerprint density at radius 1 is 1.00 bits per heavy atom. The summed E-state index contributed by atoms with van der Waals surface area (Å²) >= 11 is 3.84. The molecule has 3 rings (SSSR count). The predicted molar refractivity (Wildman–Crippen MR) is 76.6 cm³/mol. The van der Waals surface area contributed by atoms with E-state index in [0.717, 1.165) is 12.8 Å². The van der Waals surface area contributed by atoms with Crippen molar-refractivity contribution in [1.29, 1.82) is 0 Å². The van der Waals surface area contributed by atoms with E-state index in [1.165, 1.54) is 0 Å². The van der Waals surface area contributed by atoms with Gasteiger partial charge in [0.1, 0.15) is 0 Å². The standard InChI is InChI=1S/C15H21BrO4/c1-14(2)8-3-7-4-9(11(17)18)10(12(19)20)6-15(7,5-8)13(14)16/h7-10,13H,3-6H2,1-2H3,(H,17,18)(H,19,20). The van der Waals surface area contributed by atoms with Crippen LogP contribution in [0.1, 0.15) is 39.5 Å². The number of rotatable bonds is 2. The molecule has 0 heterocycles. The van der Waals surface area contributed by atoms with E-state index in [4.69, 9.17) is 0 Å². The molecule has 112 valence electrons. The number of fused-ring (bicyclic) bond motifs is 1. The van der Waals surface area contributed by atoms with Gasteiger partial charge >= 0.3 is 11.9 Å². The van der Waals surface area contributed by atoms with E-state index in [0.29, 0.717) is 29.5 Å². The Labute approximate surface area is 127 Å². The second kappa shape index (κ2) is 4.21. The monoisotopic (exact) mass is 344 g/mol. The minimum atomic E-state index is -0.946. The van der Waals surface area contributed by atoms with Crippen LogP contribution in [0.25, 0.3) is 0 Å². The van der Waals surface area contributed by atoms with Crippen LogP contribution in [-0.4, -0.2) is 27.0 Å². The molecule has 0 aromatic carbocycles. The van der Waals surface area contributed by atoms with Crippen molar-refractivity contribution in [1.82, 2.24) is 0 Å². The third kappa shape index (κ3) is 1.65. The Bertz CT molecular complexity index is 474. The number of hydrogen-bond acceptors (Lipinski definition) is 2. The van der Waals surface area contributed by atoms with E-state index in [2.05, 4.69) is 29.8 Å². The summed E-state index contributed by atoms with van der Waals surface area (Å²) in [7, 11) is 0. The van der Waals surface area contributed by atoms with Crippen LogP contribution in [0.2, 0.25) is 0 Å². The quantitative estimate of drug-likeness (QED) is 0.755. The average Bonchev–Trinajstić information content (AvgIpc) is 2.82. The number of aliphatic carboxylic acids is 2. The molecule has 3 aliphatic carbocycles. The third-order valence-electron chi connectivity index (χ3n) is 6.48. The van der Waals surface area contributed by atoms with Gasteiger partial charge in [-0.15, -0.1) is 0 Å². The van der Waals surface area contributed by atoms with Crippen LogP contribution in [0.5, 0.6) is 0 Å². The second-order valence-corrected chi connectivity index (χ2v) is 8.50. The zero-order chi connectivity index (χ0) is 14.9. The maximum atomic E-state index is 11.5. The lowest BCUT2D eigenvalue weighted by Crippen LogP contribution is -2.51. The second-order valence-electron chi connectivity index (χ2n) is 7.58. The van der Waals surface area contributed by atoms with Crippen molar-refractivity contribution in [2.24, 2.45) is 34.5 Å². The van der Waals surface area contributed by atoms with Gasteiger partial charge in [-0.1, -0.05) is 29.8 Å². The van der Waals surface area contributed by atoms with Gasteiger partial charge in [0.05, 0.1) is 11.8 Å². The normalized spacial score (nSPS) is 48.9. The summed E-state index contributed by atoms with van der Waals surface area (Å²) in [4.78, 5) is 23.2. The molecule has 0 amide bonds. The van der Waals surface area contributed by atoms with E-state index in [1.54, 1.807) is 0 Å². The van der Waals surface area contributed by atoms with E-state index < -0.39 is 23.8 Å². The Kier molecular flexibility index (Phi) is 3.03. The van der Waals surface area contributed by atoms with Crippen molar-refractivity contribution in [3.8, 4) is 0 Å². The van der Waals surface area contributed by atoms with Gasteiger partial charge in [0, 0.05) is 4.83 Å². The Balaban J connectivity index is 1.96. The maximum absolute atomic E-state index is 11.5. The molecule has 0 radical (unpaired) electrons. The van der Waals surface area contributed by atoms with E-state index in [9.17, 15) is 19.8 Å². The molecule has 0 aliphatic heterocycles. The molecular weight excluding hydrogens is 324 g/mol. The molecule has 5 heteroatoms. The van der Waals surface area contributed by atoms with Gasteiger partial charge in [-0.3, -0.25) is 9.59 Å². The first-order chi connectivity index (χ1) is 9.20. The van der Waals surface area contributed by atoms with Gasteiger partial charge in [0.15, 0.2) is 0 Å². The van der Waals surface area contributed by atoms with Crippen LogP contribution in [-0.2, 0) is 9.59 Å². The van der Waals surface area contributed by atoms with E-state index in [-0.39, 0.29) is 10.8 Å². The van der Waals surface area contributed by atoms with Crippen LogP contribution in [0.15, 0.2) is 0 Å². The van der Waals surface area contributed by atoms with Crippen molar-refractivity contribution in [2.45, 2.75) is 44.4 Å². The van der Waals surface area contributed by atoms with Crippen LogP contribution in [0.4, 0.5) is 0 Å². The minimum Gasteiger partial charge on any atom is -0.481 e. The van der Waals surface area contributed by atoms with Crippen molar-refractivity contribution in [3.63, 3.8) is 0 Å². The number of carbonyl (C=O) groups is 2. The first-order valence-electron chi connectivity index (χ1n) is 7.30. The van der Waals surface area contributed by atoms with Gasteiger partial charge in [0.2, 0.25) is 0 Å². The number of alkyl halides is 1. The Morgan fingerprint density at radius 2 is 1.60 bits per heavy atom. The molecule has 20 heavy (non-hydrogen) atoms. The zero-order valence-electron chi connectivity index (χ0n) is 11.8. The lowest BCUT2D eigenvalue weighted by atomic mass is 9.56. The molecule has 0 saturated heterocycles. The summed E-state index contributed by atoms with van der Waals surface area (Å²) in [5, 5.41) is 18.8. The fourth-order valence-electron chi connectivity index (χ4n) is 5.35. The highest BCUT2D eigenvalue weighted by Crippen LogP contribution is 2.72. The first kappa shape index (κ1) is 14.4. The number of hydrogen-bond donors (Lipinski definition) is 2. The molecule has 4 nitrogen and oxygen atoms in total. The molecule has 1 spiro atoms. The summed E-state index contributed by atoms with van der Waals surface area (Å²) < 4.78 is 0. The average molecular weight is 345 g/mol. The third-order valence-corrected chi connectivity index (χ3v) is 8.57. The summed E-state index contributed by atoms with van der Waals surface area (Å²) in [6.45, 7) is 4.50. The highest BCUT2D eigenvalue weighted by molar-refractivity contribution is 9.09. The lowest BCUT2D eigenvalue weighted by molar-refractivity contribution is -0.160. The van der Waals surface area contributed by atoms with Gasteiger partial charge in [-0.25, -0.2) is 0 Å². The van der Waals surface area contributed by atoms with Crippen LogP contribution < -0.4 is 0 Å². The summed E-state index contributed by atoms with van der Waals surface area (Å²) in [5.74, 6) is -2.40. The molecule has 3 aliphatic rings.